The molecule has 1 aliphatic heterocycles. The molecule has 0 amide bonds. The minimum absolute atomic E-state index is 0.186. The number of aromatic nitrogens is 1. The molecule has 0 fully saturated rings. The van der Waals surface area contributed by atoms with Gasteiger partial charge in [-0.25, -0.2) is 14.2 Å². The number of nitrogens with zero attached hydrogens (tertiary/aromatic N) is 2. The number of allylic oxidation sites excluding steroid dienone is 1. The molecule has 1 aliphatic rings. The molecule has 0 N–H and O–H groups in total. The molecule has 0 aliphatic carbocycles. The Bertz CT molecular complexity index is 1430. The summed E-state index contributed by atoms with van der Waals surface area (Å²) in [4.78, 5) is 31.4. The number of carbonyl (C=O) groups is 1. The number of methoxy groups -OCH3 is 1. The van der Waals surface area contributed by atoms with Gasteiger partial charge in [0.1, 0.15) is 11.6 Å². The lowest BCUT2D eigenvalue weighted by Crippen LogP contribution is -2.39. The Morgan fingerprint density at radius 1 is 1.21 bits per heavy atom. The second-order valence-corrected chi connectivity index (χ2v) is 8.59. The Morgan fingerprint density at radius 3 is 2.61 bits per heavy atom. The topological polar surface area (TPSA) is 69.9 Å². The van der Waals surface area contributed by atoms with Crippen LogP contribution in [0.25, 0.3) is 6.08 Å². The summed E-state index contributed by atoms with van der Waals surface area (Å²) in [6.07, 6.45) is 1.77. The first-order chi connectivity index (χ1) is 15.8. The fourth-order valence-electron chi connectivity index (χ4n) is 3.83. The van der Waals surface area contributed by atoms with E-state index >= 15 is 0 Å². The molecule has 3 aromatic rings. The van der Waals surface area contributed by atoms with E-state index < -0.39 is 17.8 Å². The predicted octanol–water partition coefficient (Wildman–Crippen LogP) is 3.25. The first-order valence-electron chi connectivity index (χ1n) is 10.4. The first kappa shape index (κ1) is 22.7. The number of aryl methyl sites for hydroxylation is 1. The number of rotatable bonds is 5. The van der Waals surface area contributed by atoms with Crippen molar-refractivity contribution in [2.45, 2.75) is 26.8 Å². The van der Waals surface area contributed by atoms with Crippen LogP contribution in [0, 0.1) is 12.7 Å². The predicted molar refractivity (Wildman–Crippen MR) is 125 cm³/mol. The molecule has 0 saturated heterocycles. The molecule has 0 saturated carbocycles. The number of halogens is 1. The third kappa shape index (κ3) is 4.26. The Morgan fingerprint density at radius 2 is 1.94 bits per heavy atom. The molecule has 0 bridgehead atoms. The molecule has 0 spiro atoms. The lowest BCUT2D eigenvalue weighted by molar-refractivity contribution is -0.139. The van der Waals surface area contributed by atoms with Crippen molar-refractivity contribution in [1.82, 2.24) is 4.57 Å². The molecular formula is C25H23FN2O4S. The third-order valence-electron chi connectivity index (χ3n) is 5.43. The van der Waals surface area contributed by atoms with E-state index in [0.29, 0.717) is 20.6 Å². The SMILES string of the molecule is CCOC(=O)C1=C(C)N=c2s/c(=C\c3ccc(C)c(OC)c3)c(=O)n2[C@H]1c1ccc(F)cc1. The van der Waals surface area contributed by atoms with Crippen LogP contribution in [-0.2, 0) is 9.53 Å². The molecule has 2 heterocycles. The zero-order valence-corrected chi connectivity index (χ0v) is 19.5. The highest BCUT2D eigenvalue weighted by Crippen LogP contribution is 2.30. The summed E-state index contributed by atoms with van der Waals surface area (Å²) < 4.78 is 26.2. The van der Waals surface area contributed by atoms with Gasteiger partial charge in [-0.1, -0.05) is 35.6 Å². The minimum atomic E-state index is -0.768. The number of thiazole rings is 1. The quantitative estimate of drug-likeness (QED) is 0.542. The van der Waals surface area contributed by atoms with Gasteiger partial charge in [0.2, 0.25) is 0 Å². The summed E-state index contributed by atoms with van der Waals surface area (Å²) in [5.74, 6) is -0.232. The van der Waals surface area contributed by atoms with Crippen LogP contribution in [0.1, 0.15) is 36.6 Å². The Labute approximate surface area is 193 Å². The van der Waals surface area contributed by atoms with Gasteiger partial charge in [-0.3, -0.25) is 9.36 Å². The standard InChI is InChI=1S/C25H23FN2O4S/c1-5-32-24(30)21-15(3)27-25-28(22(21)17-8-10-18(26)11-9-17)23(29)20(33-25)13-16-7-6-14(2)19(12-16)31-4/h6-13,22H,5H2,1-4H3/b20-13-/t22-/m0/s1. The summed E-state index contributed by atoms with van der Waals surface area (Å²) in [7, 11) is 1.60. The number of ether oxygens (including phenoxy) is 2. The van der Waals surface area contributed by atoms with E-state index in [9.17, 15) is 14.0 Å². The summed E-state index contributed by atoms with van der Waals surface area (Å²) in [6, 6.07) is 10.7. The van der Waals surface area contributed by atoms with Crippen molar-refractivity contribution >= 4 is 23.4 Å². The molecule has 170 valence electrons. The Hall–Kier alpha value is -3.52. The lowest BCUT2D eigenvalue weighted by atomic mass is 9.96. The normalized spacial score (nSPS) is 15.8. The molecular weight excluding hydrogens is 443 g/mol. The Kier molecular flexibility index (Phi) is 6.29. The van der Waals surface area contributed by atoms with Crippen LogP contribution in [0.5, 0.6) is 5.75 Å². The van der Waals surface area contributed by atoms with Gasteiger partial charge in [0, 0.05) is 0 Å². The average molecular weight is 467 g/mol. The van der Waals surface area contributed by atoms with E-state index in [-0.39, 0.29) is 17.7 Å². The van der Waals surface area contributed by atoms with Crippen LogP contribution in [0.3, 0.4) is 0 Å². The lowest BCUT2D eigenvalue weighted by Gasteiger charge is -2.24. The number of hydrogen-bond donors (Lipinski definition) is 0. The molecule has 1 aromatic heterocycles. The van der Waals surface area contributed by atoms with Crippen LogP contribution in [0.4, 0.5) is 4.39 Å². The number of benzene rings is 2. The van der Waals surface area contributed by atoms with Gasteiger partial charge in [-0.15, -0.1) is 0 Å². The van der Waals surface area contributed by atoms with Gasteiger partial charge >= 0.3 is 5.97 Å². The van der Waals surface area contributed by atoms with E-state index in [0.717, 1.165) is 16.9 Å². The number of fused-ring (bicyclic) bond motifs is 1. The minimum Gasteiger partial charge on any atom is -0.496 e. The van der Waals surface area contributed by atoms with E-state index in [1.54, 1.807) is 39.2 Å². The number of hydrogen-bond acceptors (Lipinski definition) is 6. The van der Waals surface area contributed by atoms with Gasteiger partial charge in [0.15, 0.2) is 4.80 Å². The maximum absolute atomic E-state index is 13.6. The highest BCUT2D eigenvalue weighted by Gasteiger charge is 2.33. The van der Waals surface area contributed by atoms with Crippen LogP contribution in [0.2, 0.25) is 0 Å². The molecule has 0 radical (unpaired) electrons. The van der Waals surface area contributed by atoms with Crippen molar-refractivity contribution < 1.29 is 18.7 Å². The van der Waals surface area contributed by atoms with E-state index in [2.05, 4.69) is 4.99 Å². The fourth-order valence-corrected chi connectivity index (χ4v) is 4.88. The molecule has 33 heavy (non-hydrogen) atoms. The molecule has 4 rings (SSSR count). The smallest absolute Gasteiger partial charge is 0.338 e. The summed E-state index contributed by atoms with van der Waals surface area (Å²) >= 11 is 1.23. The fraction of sp³-hybridized carbons (Fsp3) is 0.240. The van der Waals surface area contributed by atoms with Gasteiger partial charge in [0.25, 0.3) is 5.56 Å². The van der Waals surface area contributed by atoms with Gasteiger partial charge < -0.3 is 9.47 Å². The van der Waals surface area contributed by atoms with E-state index in [4.69, 9.17) is 9.47 Å². The van der Waals surface area contributed by atoms with Gasteiger partial charge in [-0.2, -0.15) is 0 Å². The maximum atomic E-state index is 13.6. The molecule has 2 aromatic carbocycles. The molecule has 8 heteroatoms. The van der Waals surface area contributed by atoms with Crippen LogP contribution < -0.4 is 19.6 Å². The van der Waals surface area contributed by atoms with Crippen molar-refractivity contribution in [3.8, 4) is 5.75 Å². The summed E-state index contributed by atoms with van der Waals surface area (Å²) in [6.45, 7) is 5.56. The maximum Gasteiger partial charge on any atom is 0.338 e. The molecule has 6 nitrogen and oxygen atoms in total. The number of esters is 1. The van der Waals surface area contributed by atoms with Crippen molar-refractivity contribution in [2.24, 2.45) is 4.99 Å². The average Bonchev–Trinajstić information content (AvgIpc) is 3.09. The Balaban J connectivity index is 1.94. The van der Waals surface area contributed by atoms with Crippen LogP contribution >= 0.6 is 11.3 Å². The molecule has 0 unspecified atom stereocenters. The zero-order valence-electron chi connectivity index (χ0n) is 18.7. The summed E-state index contributed by atoms with van der Waals surface area (Å²) in [5, 5.41) is 0. The second-order valence-electron chi connectivity index (χ2n) is 7.58. The highest BCUT2D eigenvalue weighted by atomic mass is 32.1. The van der Waals surface area contributed by atoms with Crippen molar-refractivity contribution in [1.29, 1.82) is 0 Å². The zero-order chi connectivity index (χ0) is 23.7. The molecule has 1 atom stereocenters. The van der Waals surface area contributed by atoms with Gasteiger partial charge in [-0.05, 0) is 61.7 Å². The van der Waals surface area contributed by atoms with Gasteiger partial charge in [0.05, 0.1) is 35.6 Å². The van der Waals surface area contributed by atoms with Crippen molar-refractivity contribution in [2.75, 3.05) is 13.7 Å². The number of carbonyl (C=O) groups excluding carboxylic acids is 1. The largest absolute Gasteiger partial charge is 0.496 e. The van der Waals surface area contributed by atoms with Crippen LogP contribution in [0.15, 0.2) is 63.5 Å². The van der Waals surface area contributed by atoms with E-state index in [1.807, 2.05) is 25.1 Å². The van der Waals surface area contributed by atoms with Crippen LogP contribution in [-0.4, -0.2) is 24.3 Å². The monoisotopic (exact) mass is 466 g/mol. The third-order valence-corrected chi connectivity index (χ3v) is 6.42. The van der Waals surface area contributed by atoms with Crippen molar-refractivity contribution in [3.63, 3.8) is 0 Å². The summed E-state index contributed by atoms with van der Waals surface area (Å²) in [5.41, 5.74) is 2.83. The first-order valence-corrected chi connectivity index (χ1v) is 11.3. The van der Waals surface area contributed by atoms with E-state index in [1.165, 1.54) is 28.0 Å². The van der Waals surface area contributed by atoms with Crippen molar-refractivity contribution in [3.05, 3.63) is 95.9 Å². The highest BCUT2D eigenvalue weighted by molar-refractivity contribution is 7.07. The second kappa shape index (κ2) is 9.15.